The summed E-state index contributed by atoms with van der Waals surface area (Å²) in [5.41, 5.74) is 3.23. The van der Waals surface area contributed by atoms with Crippen molar-refractivity contribution in [3.63, 3.8) is 0 Å². The number of benzene rings is 1. The molecule has 1 amide bonds. The van der Waals surface area contributed by atoms with Crippen molar-refractivity contribution in [2.24, 2.45) is 0 Å². The summed E-state index contributed by atoms with van der Waals surface area (Å²) in [5, 5.41) is 24.2. The van der Waals surface area contributed by atoms with E-state index in [1.54, 1.807) is 12.1 Å². The van der Waals surface area contributed by atoms with Crippen LogP contribution >= 0.6 is 0 Å². The van der Waals surface area contributed by atoms with E-state index in [-0.39, 0.29) is 0 Å². The number of nitrogens with one attached hydrogen (secondary N) is 2. The van der Waals surface area contributed by atoms with E-state index in [2.05, 4.69) is 22.8 Å². The summed E-state index contributed by atoms with van der Waals surface area (Å²) in [4.78, 5) is 28.5. The zero-order valence-electron chi connectivity index (χ0n) is 18.3. The number of anilines is 1. The Kier molecular flexibility index (Phi) is 8.61. The predicted molar refractivity (Wildman–Crippen MR) is 123 cm³/mol. The Bertz CT molecular complexity index is 966. The maximum Gasteiger partial charge on any atom is 0.326 e. The molecule has 0 saturated heterocycles. The number of carboxylic acid groups (broad SMARTS) is 1. The van der Waals surface area contributed by atoms with E-state index in [1.807, 2.05) is 6.07 Å². The number of nitriles is 1. The van der Waals surface area contributed by atoms with Crippen LogP contribution in [0.2, 0.25) is 0 Å². The van der Waals surface area contributed by atoms with Gasteiger partial charge < -0.3 is 15.7 Å². The van der Waals surface area contributed by atoms with Crippen LogP contribution in [0.3, 0.4) is 0 Å². The van der Waals surface area contributed by atoms with Crippen LogP contribution in [0, 0.1) is 11.3 Å². The smallest absolute Gasteiger partial charge is 0.326 e. The number of aliphatic carboxylic acids is 1. The fourth-order valence-corrected chi connectivity index (χ4v) is 3.89. The molecule has 0 aliphatic carbocycles. The fourth-order valence-electron chi connectivity index (χ4n) is 3.89. The Morgan fingerprint density at radius 2 is 1.84 bits per heavy atom. The SMILES string of the molecule is N#Cc1ccc(C(=O)NC(CCCCCCCc2ccc3c(n2)NCCC3)C(=O)O)cc1. The molecule has 2 aromatic rings. The predicted octanol–water partition coefficient (Wildman–Crippen LogP) is 4.08. The van der Waals surface area contributed by atoms with Gasteiger partial charge in [-0.2, -0.15) is 5.26 Å². The number of carboxylic acids is 1. The van der Waals surface area contributed by atoms with Crippen LogP contribution in [-0.4, -0.2) is 34.6 Å². The lowest BCUT2D eigenvalue weighted by Gasteiger charge is -2.17. The molecule has 2 heterocycles. The number of hydrogen-bond donors (Lipinski definition) is 3. The number of fused-ring (bicyclic) bond motifs is 1. The number of pyridine rings is 1. The van der Waals surface area contributed by atoms with Crippen molar-refractivity contribution in [3.8, 4) is 6.07 Å². The van der Waals surface area contributed by atoms with Crippen molar-refractivity contribution >= 4 is 17.7 Å². The molecule has 3 rings (SSSR count). The second-order valence-electron chi connectivity index (χ2n) is 8.20. The highest BCUT2D eigenvalue weighted by Gasteiger charge is 2.20. The van der Waals surface area contributed by atoms with Crippen LogP contribution in [0.5, 0.6) is 0 Å². The number of aromatic nitrogens is 1. The number of unbranched alkanes of at least 4 members (excludes halogenated alkanes) is 4. The normalized spacial score (nSPS) is 13.3. The molecule has 1 aromatic carbocycles. The molecule has 0 radical (unpaired) electrons. The third-order valence-corrected chi connectivity index (χ3v) is 5.76. The van der Waals surface area contributed by atoms with E-state index in [0.29, 0.717) is 17.5 Å². The van der Waals surface area contributed by atoms with Gasteiger partial charge in [0.2, 0.25) is 0 Å². The molecular formula is C25H30N4O3. The largest absolute Gasteiger partial charge is 0.480 e. The standard InChI is InChI=1S/C25H30N4O3/c26-17-18-10-12-20(13-11-18)24(30)29-22(25(31)32)9-5-3-1-2-4-8-21-15-14-19-7-6-16-27-23(19)28-21/h10-15,22H,1-9,16H2,(H,27,28)(H,29,30)(H,31,32). The summed E-state index contributed by atoms with van der Waals surface area (Å²) in [5.74, 6) is -0.426. The molecule has 168 valence electrons. The Hall–Kier alpha value is -3.40. The van der Waals surface area contributed by atoms with Crippen LogP contribution in [0.4, 0.5) is 5.82 Å². The average Bonchev–Trinajstić information content (AvgIpc) is 2.82. The van der Waals surface area contributed by atoms with Gasteiger partial charge in [-0.3, -0.25) is 4.79 Å². The molecule has 1 aromatic heterocycles. The second-order valence-corrected chi connectivity index (χ2v) is 8.20. The first-order valence-electron chi connectivity index (χ1n) is 11.3. The zero-order chi connectivity index (χ0) is 22.8. The van der Waals surface area contributed by atoms with E-state index in [0.717, 1.165) is 69.4 Å². The van der Waals surface area contributed by atoms with Gasteiger partial charge in [0.05, 0.1) is 11.6 Å². The molecule has 32 heavy (non-hydrogen) atoms. The fraction of sp³-hybridized carbons (Fsp3) is 0.440. The lowest BCUT2D eigenvalue weighted by atomic mass is 10.0. The van der Waals surface area contributed by atoms with Gasteiger partial charge >= 0.3 is 5.97 Å². The van der Waals surface area contributed by atoms with Crippen LogP contribution in [0.1, 0.15) is 72.1 Å². The zero-order valence-corrected chi connectivity index (χ0v) is 18.3. The number of nitrogens with zero attached hydrogens (tertiary/aromatic N) is 2. The van der Waals surface area contributed by atoms with E-state index in [9.17, 15) is 14.7 Å². The number of hydrogen-bond acceptors (Lipinski definition) is 5. The van der Waals surface area contributed by atoms with Gasteiger partial charge in [0.25, 0.3) is 5.91 Å². The van der Waals surface area contributed by atoms with Gasteiger partial charge in [-0.1, -0.05) is 31.7 Å². The second kappa shape index (κ2) is 11.8. The van der Waals surface area contributed by atoms with Crippen LogP contribution in [0.25, 0.3) is 0 Å². The van der Waals surface area contributed by atoms with Crippen molar-refractivity contribution in [2.45, 2.75) is 63.8 Å². The monoisotopic (exact) mass is 434 g/mol. The first-order valence-corrected chi connectivity index (χ1v) is 11.3. The highest BCUT2D eigenvalue weighted by atomic mass is 16.4. The summed E-state index contributed by atoms with van der Waals surface area (Å²) in [6, 6.07) is 11.5. The first kappa shape index (κ1) is 23.3. The van der Waals surface area contributed by atoms with Crippen molar-refractivity contribution in [1.82, 2.24) is 10.3 Å². The third kappa shape index (κ3) is 6.81. The van der Waals surface area contributed by atoms with Crippen LogP contribution in [0.15, 0.2) is 36.4 Å². The number of carbonyl (C=O) groups is 2. The molecule has 1 unspecified atom stereocenters. The Balaban J connectivity index is 1.33. The van der Waals surface area contributed by atoms with E-state index in [4.69, 9.17) is 10.2 Å². The minimum absolute atomic E-state index is 0.348. The van der Waals surface area contributed by atoms with Crippen molar-refractivity contribution in [1.29, 1.82) is 5.26 Å². The van der Waals surface area contributed by atoms with Gasteiger partial charge in [0.15, 0.2) is 0 Å². The topological polar surface area (TPSA) is 115 Å². The molecule has 7 heteroatoms. The lowest BCUT2D eigenvalue weighted by Crippen LogP contribution is -2.40. The van der Waals surface area contributed by atoms with Gasteiger partial charge in [-0.05, 0) is 68.0 Å². The molecule has 0 bridgehead atoms. The van der Waals surface area contributed by atoms with Gasteiger partial charge in [0.1, 0.15) is 11.9 Å². The van der Waals surface area contributed by atoms with Crippen LogP contribution in [-0.2, 0) is 17.6 Å². The number of rotatable bonds is 11. The summed E-state index contributed by atoms with van der Waals surface area (Å²) >= 11 is 0. The van der Waals surface area contributed by atoms with E-state index >= 15 is 0 Å². The average molecular weight is 435 g/mol. The maximum atomic E-state index is 12.3. The first-order chi connectivity index (χ1) is 15.6. The number of aryl methyl sites for hydroxylation is 2. The number of amides is 1. The summed E-state index contributed by atoms with van der Waals surface area (Å²) < 4.78 is 0. The van der Waals surface area contributed by atoms with Crippen molar-refractivity contribution in [3.05, 3.63) is 58.8 Å². The molecule has 1 aliphatic rings. The van der Waals surface area contributed by atoms with Crippen LogP contribution < -0.4 is 10.6 Å². The summed E-state index contributed by atoms with van der Waals surface area (Å²) in [7, 11) is 0. The number of carbonyl (C=O) groups excluding carboxylic acids is 1. The molecule has 0 fully saturated rings. The molecule has 7 nitrogen and oxygen atoms in total. The Morgan fingerprint density at radius 3 is 2.59 bits per heavy atom. The highest BCUT2D eigenvalue weighted by Crippen LogP contribution is 2.20. The lowest BCUT2D eigenvalue weighted by molar-refractivity contribution is -0.139. The minimum Gasteiger partial charge on any atom is -0.480 e. The van der Waals surface area contributed by atoms with Gasteiger partial charge in [0, 0.05) is 17.8 Å². The highest BCUT2D eigenvalue weighted by molar-refractivity contribution is 5.96. The summed E-state index contributed by atoms with van der Waals surface area (Å²) in [6.45, 7) is 0.995. The molecule has 1 aliphatic heterocycles. The maximum absolute atomic E-state index is 12.3. The van der Waals surface area contributed by atoms with E-state index in [1.165, 1.54) is 17.7 Å². The van der Waals surface area contributed by atoms with Gasteiger partial charge in [-0.25, -0.2) is 9.78 Å². The summed E-state index contributed by atoms with van der Waals surface area (Å²) in [6.07, 6.45) is 8.44. The molecule has 1 atom stereocenters. The Morgan fingerprint density at radius 1 is 1.09 bits per heavy atom. The molecule has 0 spiro atoms. The van der Waals surface area contributed by atoms with Crippen molar-refractivity contribution in [2.75, 3.05) is 11.9 Å². The quantitative estimate of drug-likeness (QED) is 0.459. The van der Waals surface area contributed by atoms with Crippen molar-refractivity contribution < 1.29 is 14.7 Å². The molecule has 3 N–H and O–H groups in total. The molecular weight excluding hydrogens is 404 g/mol. The Labute approximate surface area is 188 Å². The van der Waals surface area contributed by atoms with Gasteiger partial charge in [-0.15, -0.1) is 0 Å². The third-order valence-electron chi connectivity index (χ3n) is 5.76. The van der Waals surface area contributed by atoms with E-state index < -0.39 is 17.9 Å². The minimum atomic E-state index is -1.03. The molecule has 0 saturated carbocycles.